The number of ketones is 1. The molecule has 2 heterocycles. The van der Waals surface area contributed by atoms with E-state index in [9.17, 15) is 22.0 Å². The molecule has 12 heteroatoms. The summed E-state index contributed by atoms with van der Waals surface area (Å²) in [5, 5.41) is 6.71. The summed E-state index contributed by atoms with van der Waals surface area (Å²) in [4.78, 5) is 16.7. The molecule has 188 valence electrons. The van der Waals surface area contributed by atoms with Crippen molar-refractivity contribution >= 4 is 38.1 Å². The molecule has 4 N–H and O–H groups in total. The summed E-state index contributed by atoms with van der Waals surface area (Å²) >= 11 is 0.925. The maximum absolute atomic E-state index is 14.0. The Morgan fingerprint density at radius 2 is 1.85 bits per heavy atom. The fraction of sp³-hybridized carbons (Fsp3) is 0.545. The van der Waals surface area contributed by atoms with Crippen molar-refractivity contribution in [2.24, 2.45) is 5.41 Å². The molecule has 0 spiro atoms. The smallest absolute Gasteiger partial charge is 0.215 e. The van der Waals surface area contributed by atoms with Crippen molar-refractivity contribution in [1.29, 1.82) is 0 Å². The van der Waals surface area contributed by atoms with Gasteiger partial charge in [-0.05, 0) is 30.4 Å². The Morgan fingerprint density at radius 3 is 2.44 bits per heavy atom. The Hall–Kier alpha value is -2.15. The first-order chi connectivity index (χ1) is 15.9. The Bertz CT molecular complexity index is 1100. The van der Waals surface area contributed by atoms with Gasteiger partial charge < -0.3 is 16.4 Å². The summed E-state index contributed by atoms with van der Waals surface area (Å²) < 4.78 is 54.7. The summed E-state index contributed by atoms with van der Waals surface area (Å²) in [6.45, 7) is 8.12. The highest BCUT2D eigenvalue weighted by atomic mass is 32.2. The van der Waals surface area contributed by atoms with E-state index in [0.29, 0.717) is 37.6 Å². The molecule has 1 fully saturated rings. The first kappa shape index (κ1) is 26.5. The monoisotopic (exact) mass is 515 g/mol. The van der Waals surface area contributed by atoms with E-state index in [0.717, 1.165) is 30.0 Å². The number of hydrogen-bond donors (Lipinski definition) is 3. The molecule has 0 bridgehead atoms. The molecule has 1 saturated heterocycles. The number of nitrogen functional groups attached to an aromatic ring is 1. The quantitative estimate of drug-likeness (QED) is 0.347. The summed E-state index contributed by atoms with van der Waals surface area (Å²) in [6, 6.07) is 3.13. The van der Waals surface area contributed by atoms with Crippen LogP contribution in [0.5, 0.6) is 0 Å². The molecule has 34 heavy (non-hydrogen) atoms. The molecule has 0 amide bonds. The molecule has 2 aromatic rings. The van der Waals surface area contributed by atoms with Crippen molar-refractivity contribution in [3.05, 3.63) is 40.3 Å². The lowest BCUT2D eigenvalue weighted by Crippen LogP contribution is -2.44. The van der Waals surface area contributed by atoms with Crippen molar-refractivity contribution in [3.8, 4) is 0 Å². The molecular formula is C22H31F2N5O3S2. The van der Waals surface area contributed by atoms with Crippen molar-refractivity contribution in [2.45, 2.75) is 39.7 Å². The zero-order valence-electron chi connectivity index (χ0n) is 19.5. The van der Waals surface area contributed by atoms with Gasteiger partial charge in [0.25, 0.3) is 0 Å². The molecule has 8 nitrogen and oxygen atoms in total. The predicted octanol–water partition coefficient (Wildman–Crippen LogP) is 3.08. The number of aromatic nitrogens is 1. The Morgan fingerprint density at radius 1 is 1.24 bits per heavy atom. The minimum absolute atomic E-state index is 0.0439. The number of nitrogens with zero attached hydrogens (tertiary/aromatic N) is 2. The average molecular weight is 516 g/mol. The van der Waals surface area contributed by atoms with Crippen LogP contribution in [0, 0.1) is 17.0 Å². The minimum atomic E-state index is -3.36. The Balaban J connectivity index is 1.55. The third-order valence-corrected chi connectivity index (χ3v) is 8.29. The highest BCUT2D eigenvalue weighted by Crippen LogP contribution is 2.30. The zero-order valence-corrected chi connectivity index (χ0v) is 21.2. The number of nitrogens with one attached hydrogen (secondary N) is 2. The van der Waals surface area contributed by atoms with E-state index in [1.165, 1.54) is 10.4 Å². The van der Waals surface area contributed by atoms with Gasteiger partial charge in [-0.2, -0.15) is 0 Å². The molecule has 0 saturated carbocycles. The van der Waals surface area contributed by atoms with Crippen LogP contribution in [-0.4, -0.2) is 61.5 Å². The molecular weight excluding hydrogens is 484 g/mol. The number of rotatable bonds is 9. The lowest BCUT2D eigenvalue weighted by molar-refractivity contribution is 0.103. The number of halogens is 2. The zero-order chi connectivity index (χ0) is 25.1. The fourth-order valence-electron chi connectivity index (χ4n) is 3.63. The van der Waals surface area contributed by atoms with Crippen LogP contribution in [0.4, 0.5) is 19.7 Å². The van der Waals surface area contributed by atoms with E-state index >= 15 is 0 Å². The van der Waals surface area contributed by atoms with Crippen LogP contribution in [0.25, 0.3) is 0 Å². The number of carbonyl (C=O) groups is 1. The highest BCUT2D eigenvalue weighted by molar-refractivity contribution is 7.89. The topological polar surface area (TPSA) is 117 Å². The molecule has 3 rings (SSSR count). The van der Waals surface area contributed by atoms with Gasteiger partial charge in [0.15, 0.2) is 5.13 Å². The highest BCUT2D eigenvalue weighted by Gasteiger charge is 2.29. The van der Waals surface area contributed by atoms with Gasteiger partial charge >= 0.3 is 0 Å². The predicted molar refractivity (Wildman–Crippen MR) is 131 cm³/mol. The number of sulfonamides is 1. The molecule has 0 atom stereocenters. The van der Waals surface area contributed by atoms with Crippen LogP contribution < -0.4 is 16.4 Å². The van der Waals surface area contributed by atoms with Gasteiger partial charge in [0.2, 0.25) is 15.8 Å². The fourth-order valence-corrected chi connectivity index (χ4v) is 5.97. The molecule has 0 radical (unpaired) electrons. The van der Waals surface area contributed by atoms with Crippen molar-refractivity contribution < 1.29 is 22.0 Å². The minimum Gasteiger partial charge on any atom is -0.382 e. The van der Waals surface area contributed by atoms with Crippen molar-refractivity contribution in [3.63, 3.8) is 0 Å². The van der Waals surface area contributed by atoms with Crippen LogP contribution in [0.1, 0.15) is 48.8 Å². The van der Waals surface area contributed by atoms with Crippen LogP contribution in [0.15, 0.2) is 18.2 Å². The van der Waals surface area contributed by atoms with Gasteiger partial charge in [0.1, 0.15) is 22.3 Å². The standard InChI is InChI=1S/C22H31F2N5O3S2/c1-22(2,3)13-26-9-12-34(31,32)29-10-7-14(8-11-29)27-21-28-20(25)19(33-21)18(30)17-15(23)5-4-6-16(17)24/h4-6,14,26H,7-13,25H2,1-3H3,(H,27,28). The number of anilines is 2. The number of benzene rings is 1. The van der Waals surface area contributed by atoms with E-state index in [2.05, 4.69) is 36.4 Å². The van der Waals surface area contributed by atoms with Gasteiger partial charge in [-0.25, -0.2) is 26.5 Å². The number of piperidine rings is 1. The van der Waals surface area contributed by atoms with Gasteiger partial charge in [-0.15, -0.1) is 0 Å². The maximum Gasteiger partial charge on any atom is 0.215 e. The van der Waals surface area contributed by atoms with Gasteiger partial charge in [0.05, 0.1) is 11.3 Å². The maximum atomic E-state index is 14.0. The Kier molecular flexibility index (Phi) is 8.27. The first-order valence-corrected chi connectivity index (χ1v) is 13.5. The molecule has 1 aliphatic rings. The summed E-state index contributed by atoms with van der Waals surface area (Å²) in [6.07, 6.45) is 1.11. The largest absolute Gasteiger partial charge is 0.382 e. The van der Waals surface area contributed by atoms with Gasteiger partial charge in [-0.1, -0.05) is 38.2 Å². The third kappa shape index (κ3) is 6.71. The average Bonchev–Trinajstić information content (AvgIpc) is 3.11. The normalized spacial score (nSPS) is 16.0. The van der Waals surface area contributed by atoms with E-state index < -0.39 is 33.0 Å². The van der Waals surface area contributed by atoms with Crippen LogP contribution in [0.2, 0.25) is 0 Å². The van der Waals surface area contributed by atoms with E-state index in [4.69, 9.17) is 5.73 Å². The summed E-state index contributed by atoms with van der Waals surface area (Å²) in [7, 11) is -3.36. The van der Waals surface area contributed by atoms with Crippen LogP contribution in [-0.2, 0) is 10.0 Å². The molecule has 1 aliphatic heterocycles. The second-order valence-electron chi connectivity index (χ2n) is 9.53. The number of hydrogen-bond acceptors (Lipinski definition) is 8. The van der Waals surface area contributed by atoms with Gasteiger partial charge in [0, 0.05) is 32.2 Å². The van der Waals surface area contributed by atoms with Gasteiger partial charge in [-0.3, -0.25) is 4.79 Å². The first-order valence-electron chi connectivity index (χ1n) is 11.1. The van der Waals surface area contributed by atoms with Crippen molar-refractivity contribution in [2.75, 3.05) is 43.0 Å². The molecule has 1 aromatic heterocycles. The summed E-state index contributed by atoms with van der Waals surface area (Å²) in [5.74, 6) is -2.85. The lowest BCUT2D eigenvalue weighted by Gasteiger charge is -2.31. The van der Waals surface area contributed by atoms with E-state index in [1.54, 1.807) is 0 Å². The van der Waals surface area contributed by atoms with E-state index in [1.807, 2.05) is 0 Å². The van der Waals surface area contributed by atoms with E-state index in [-0.39, 0.29) is 27.9 Å². The second kappa shape index (κ2) is 10.6. The van der Waals surface area contributed by atoms with Crippen molar-refractivity contribution in [1.82, 2.24) is 14.6 Å². The molecule has 1 aromatic carbocycles. The van der Waals surface area contributed by atoms with Crippen LogP contribution >= 0.6 is 11.3 Å². The lowest BCUT2D eigenvalue weighted by atomic mass is 9.97. The second-order valence-corrected chi connectivity index (χ2v) is 12.6. The number of nitrogens with two attached hydrogens (primary N) is 1. The Labute approximate surface area is 203 Å². The molecule has 0 unspecified atom stereocenters. The third-order valence-electron chi connectivity index (χ3n) is 5.42. The SMILES string of the molecule is CC(C)(C)CNCCS(=O)(=O)N1CCC(Nc2nc(N)c(C(=O)c3c(F)cccc3F)s2)CC1. The van der Waals surface area contributed by atoms with Crippen LogP contribution in [0.3, 0.4) is 0 Å². The molecule has 0 aliphatic carbocycles. The summed E-state index contributed by atoms with van der Waals surface area (Å²) in [5.41, 5.74) is 5.27. The number of thiazole rings is 1. The number of carbonyl (C=O) groups excluding carboxylic acids is 1.